The van der Waals surface area contributed by atoms with Crippen LogP contribution in [0.15, 0.2) is 35.3 Å². The molecule has 0 bridgehead atoms. The maximum atomic E-state index is 12.1. The lowest BCUT2D eigenvalue weighted by Gasteiger charge is -2.33. The summed E-state index contributed by atoms with van der Waals surface area (Å²) in [7, 11) is 1.81. The van der Waals surface area contributed by atoms with Gasteiger partial charge in [0.15, 0.2) is 5.96 Å². The third-order valence-corrected chi connectivity index (χ3v) is 5.85. The zero-order chi connectivity index (χ0) is 18.2. The van der Waals surface area contributed by atoms with Gasteiger partial charge in [-0.2, -0.15) is 0 Å². The molecule has 0 aromatic heterocycles. The highest BCUT2D eigenvalue weighted by molar-refractivity contribution is 5.86. The molecule has 26 heavy (non-hydrogen) atoms. The fraction of sp³-hybridized carbons (Fsp3) is 0.619. The van der Waals surface area contributed by atoms with Crippen molar-refractivity contribution >= 4 is 11.9 Å². The van der Waals surface area contributed by atoms with E-state index in [1.165, 1.54) is 44.1 Å². The monoisotopic (exact) mass is 356 g/mol. The average molecular weight is 357 g/mol. The topological polar surface area (TPSA) is 56.7 Å². The summed E-state index contributed by atoms with van der Waals surface area (Å²) in [6.45, 7) is 3.08. The molecule has 3 rings (SSSR count). The number of nitrogens with zero attached hydrogens (tertiary/aromatic N) is 2. The SMILES string of the molecule is CN=C(NCC(=O)NCCc1ccccc1)N1CCC2(CCCCC2)C1. The van der Waals surface area contributed by atoms with E-state index in [0.717, 1.165) is 25.5 Å². The van der Waals surface area contributed by atoms with Gasteiger partial charge < -0.3 is 15.5 Å². The van der Waals surface area contributed by atoms with Crippen molar-refractivity contribution in [3.63, 3.8) is 0 Å². The molecule has 142 valence electrons. The molecule has 2 aliphatic rings. The van der Waals surface area contributed by atoms with Gasteiger partial charge in [-0.1, -0.05) is 49.6 Å². The molecule has 1 aromatic rings. The van der Waals surface area contributed by atoms with Crippen LogP contribution in [0, 0.1) is 5.41 Å². The van der Waals surface area contributed by atoms with Crippen LogP contribution in [0.5, 0.6) is 0 Å². The summed E-state index contributed by atoms with van der Waals surface area (Å²) in [5, 5.41) is 6.23. The molecule has 1 aliphatic carbocycles. The first-order chi connectivity index (χ1) is 12.7. The normalized spacial score (nSPS) is 19.6. The molecule has 1 spiro atoms. The van der Waals surface area contributed by atoms with Gasteiger partial charge >= 0.3 is 0 Å². The third kappa shape index (κ3) is 4.99. The zero-order valence-electron chi connectivity index (χ0n) is 16.0. The van der Waals surface area contributed by atoms with Gasteiger partial charge in [-0.05, 0) is 36.7 Å². The van der Waals surface area contributed by atoms with Crippen LogP contribution in [0.4, 0.5) is 0 Å². The number of hydrogen-bond donors (Lipinski definition) is 2. The molecule has 1 aromatic carbocycles. The second-order valence-corrected chi connectivity index (χ2v) is 7.72. The number of likely N-dealkylation sites (tertiary alicyclic amines) is 1. The zero-order valence-corrected chi connectivity index (χ0v) is 16.0. The third-order valence-electron chi connectivity index (χ3n) is 5.85. The van der Waals surface area contributed by atoms with Crippen molar-refractivity contribution in [3.05, 3.63) is 35.9 Å². The second kappa shape index (κ2) is 9.06. The Hall–Kier alpha value is -2.04. The Bertz CT molecular complexity index is 608. The van der Waals surface area contributed by atoms with Crippen molar-refractivity contribution in [1.29, 1.82) is 0 Å². The van der Waals surface area contributed by atoms with Crippen molar-refractivity contribution in [2.45, 2.75) is 44.9 Å². The van der Waals surface area contributed by atoms with E-state index >= 15 is 0 Å². The molecular formula is C21H32N4O. The predicted octanol–water partition coefficient (Wildman–Crippen LogP) is 2.58. The fourth-order valence-corrected chi connectivity index (χ4v) is 4.37. The molecule has 0 radical (unpaired) electrons. The Morgan fingerprint density at radius 3 is 2.62 bits per heavy atom. The van der Waals surface area contributed by atoms with Gasteiger partial charge in [-0.25, -0.2) is 0 Å². The predicted molar refractivity (Wildman–Crippen MR) is 106 cm³/mol. The molecule has 1 heterocycles. The van der Waals surface area contributed by atoms with E-state index in [1.54, 1.807) is 0 Å². The fourth-order valence-electron chi connectivity index (χ4n) is 4.37. The van der Waals surface area contributed by atoms with E-state index < -0.39 is 0 Å². The minimum absolute atomic E-state index is 0.0219. The number of rotatable bonds is 5. The highest BCUT2D eigenvalue weighted by atomic mass is 16.1. The van der Waals surface area contributed by atoms with E-state index in [1.807, 2.05) is 25.2 Å². The summed E-state index contributed by atoms with van der Waals surface area (Å²) in [4.78, 5) is 18.9. The van der Waals surface area contributed by atoms with E-state index in [4.69, 9.17) is 0 Å². The first-order valence-corrected chi connectivity index (χ1v) is 9.97. The number of nitrogens with one attached hydrogen (secondary N) is 2. The van der Waals surface area contributed by atoms with Crippen LogP contribution in [0.25, 0.3) is 0 Å². The van der Waals surface area contributed by atoms with Crippen molar-refractivity contribution in [2.75, 3.05) is 33.2 Å². The summed E-state index contributed by atoms with van der Waals surface area (Å²) in [6.07, 6.45) is 8.93. The Kier molecular flexibility index (Phi) is 6.53. The highest BCUT2D eigenvalue weighted by Gasteiger charge is 2.39. The van der Waals surface area contributed by atoms with E-state index in [9.17, 15) is 4.79 Å². The smallest absolute Gasteiger partial charge is 0.239 e. The van der Waals surface area contributed by atoms with Gasteiger partial charge in [0.25, 0.3) is 0 Å². The number of hydrogen-bond acceptors (Lipinski definition) is 2. The number of benzene rings is 1. The van der Waals surface area contributed by atoms with Crippen molar-refractivity contribution in [3.8, 4) is 0 Å². The molecule has 2 N–H and O–H groups in total. The first-order valence-electron chi connectivity index (χ1n) is 9.97. The lowest BCUT2D eigenvalue weighted by atomic mass is 9.73. The summed E-state index contributed by atoms with van der Waals surface area (Å²) in [5.41, 5.74) is 1.74. The maximum absolute atomic E-state index is 12.1. The van der Waals surface area contributed by atoms with E-state index in [-0.39, 0.29) is 12.5 Å². The molecule has 1 amide bonds. The first kappa shape index (κ1) is 18.7. The highest BCUT2D eigenvalue weighted by Crippen LogP contribution is 2.43. The van der Waals surface area contributed by atoms with Crippen molar-refractivity contribution < 1.29 is 4.79 Å². The molecule has 5 heteroatoms. The van der Waals surface area contributed by atoms with Crippen LogP contribution in [0.2, 0.25) is 0 Å². The maximum Gasteiger partial charge on any atom is 0.239 e. The van der Waals surface area contributed by atoms with E-state index in [2.05, 4.69) is 32.7 Å². The average Bonchev–Trinajstić information content (AvgIpc) is 3.07. The number of carbonyl (C=O) groups excluding carboxylic acids is 1. The van der Waals surface area contributed by atoms with Crippen LogP contribution in [-0.4, -0.2) is 50.0 Å². The largest absolute Gasteiger partial charge is 0.354 e. The molecule has 0 atom stereocenters. The number of guanidine groups is 1. The lowest BCUT2D eigenvalue weighted by molar-refractivity contribution is -0.120. The van der Waals surface area contributed by atoms with Crippen LogP contribution in [-0.2, 0) is 11.2 Å². The lowest BCUT2D eigenvalue weighted by Crippen LogP contribution is -2.45. The Balaban J connectivity index is 1.39. The summed E-state index contributed by atoms with van der Waals surface area (Å²) >= 11 is 0. The molecule has 0 unspecified atom stereocenters. The van der Waals surface area contributed by atoms with Gasteiger partial charge in [-0.3, -0.25) is 9.79 Å². The minimum Gasteiger partial charge on any atom is -0.354 e. The van der Waals surface area contributed by atoms with Crippen LogP contribution < -0.4 is 10.6 Å². The number of amides is 1. The van der Waals surface area contributed by atoms with Crippen LogP contribution in [0.1, 0.15) is 44.1 Å². The molecule has 5 nitrogen and oxygen atoms in total. The van der Waals surface area contributed by atoms with Crippen LogP contribution in [0.3, 0.4) is 0 Å². The van der Waals surface area contributed by atoms with Gasteiger partial charge in [0.05, 0.1) is 6.54 Å². The Morgan fingerprint density at radius 2 is 1.88 bits per heavy atom. The molecule has 1 saturated carbocycles. The van der Waals surface area contributed by atoms with Crippen molar-refractivity contribution in [2.24, 2.45) is 10.4 Å². The Labute approximate surface area is 157 Å². The number of carbonyl (C=O) groups is 1. The molecule has 1 saturated heterocycles. The summed E-state index contributed by atoms with van der Waals surface area (Å²) < 4.78 is 0. The Morgan fingerprint density at radius 1 is 1.12 bits per heavy atom. The summed E-state index contributed by atoms with van der Waals surface area (Å²) in [5.74, 6) is 0.888. The minimum atomic E-state index is 0.0219. The molecule has 2 fully saturated rings. The standard InChI is InChI=1S/C21H32N4O/c1-22-20(25-15-13-21(17-25)11-6-3-7-12-21)24-16-19(26)23-14-10-18-8-4-2-5-9-18/h2,4-5,8-9H,3,6-7,10-17H2,1H3,(H,22,24)(H,23,26). The molecule has 1 aliphatic heterocycles. The van der Waals surface area contributed by atoms with Crippen molar-refractivity contribution in [1.82, 2.24) is 15.5 Å². The van der Waals surface area contributed by atoms with Gasteiger partial charge in [0, 0.05) is 26.7 Å². The van der Waals surface area contributed by atoms with E-state index in [0.29, 0.717) is 12.0 Å². The van der Waals surface area contributed by atoms with Gasteiger partial charge in [-0.15, -0.1) is 0 Å². The molecular weight excluding hydrogens is 324 g/mol. The quantitative estimate of drug-likeness (QED) is 0.630. The van der Waals surface area contributed by atoms with Crippen LogP contribution >= 0.6 is 0 Å². The summed E-state index contributed by atoms with van der Waals surface area (Å²) in [6, 6.07) is 10.2. The van der Waals surface area contributed by atoms with Gasteiger partial charge in [0.2, 0.25) is 5.91 Å². The van der Waals surface area contributed by atoms with Gasteiger partial charge in [0.1, 0.15) is 0 Å². The number of aliphatic imine (C=N–C) groups is 1. The second-order valence-electron chi connectivity index (χ2n) is 7.72.